The predicted octanol–water partition coefficient (Wildman–Crippen LogP) is 22.7. The maximum Gasteiger partial charge on any atom is 0.306 e. The first kappa shape index (κ1) is 73.1. The molecule has 76 heavy (non-hydrogen) atoms. The van der Waals surface area contributed by atoms with Crippen LogP contribution in [0.4, 0.5) is 0 Å². The summed E-state index contributed by atoms with van der Waals surface area (Å²) in [7, 11) is 0. The molecule has 1 unspecified atom stereocenters. The van der Waals surface area contributed by atoms with E-state index in [4.69, 9.17) is 14.2 Å². The van der Waals surface area contributed by atoms with Crippen molar-refractivity contribution >= 4 is 17.9 Å². The first-order chi connectivity index (χ1) is 37.5. The lowest BCUT2D eigenvalue weighted by atomic mass is 10.0. The molecule has 0 aromatic rings. The van der Waals surface area contributed by atoms with Gasteiger partial charge in [-0.2, -0.15) is 0 Å². The number of allylic oxidation sites excluding steroid dienone is 10. The number of carbonyl (C=O) groups is 3. The average Bonchev–Trinajstić information content (AvgIpc) is 3.42. The van der Waals surface area contributed by atoms with Crippen LogP contribution < -0.4 is 0 Å². The van der Waals surface area contributed by atoms with E-state index in [1.165, 1.54) is 205 Å². The molecule has 0 heterocycles. The van der Waals surface area contributed by atoms with Crippen LogP contribution in [-0.4, -0.2) is 37.2 Å². The van der Waals surface area contributed by atoms with E-state index in [-0.39, 0.29) is 31.1 Å². The molecule has 0 saturated carbocycles. The first-order valence-electron chi connectivity index (χ1n) is 33.3. The second-order valence-corrected chi connectivity index (χ2v) is 22.4. The highest BCUT2D eigenvalue weighted by atomic mass is 16.6. The molecule has 0 radical (unpaired) electrons. The Morgan fingerprint density at radius 3 is 0.816 bits per heavy atom. The zero-order valence-electron chi connectivity index (χ0n) is 50.8. The van der Waals surface area contributed by atoms with Crippen molar-refractivity contribution in [2.45, 2.75) is 354 Å². The van der Waals surface area contributed by atoms with Crippen LogP contribution in [0.2, 0.25) is 0 Å². The second kappa shape index (κ2) is 64.6. The predicted molar refractivity (Wildman–Crippen MR) is 330 cm³/mol. The van der Waals surface area contributed by atoms with Crippen LogP contribution in [0.1, 0.15) is 348 Å². The highest BCUT2D eigenvalue weighted by Crippen LogP contribution is 2.18. The van der Waals surface area contributed by atoms with Crippen molar-refractivity contribution in [2.75, 3.05) is 13.2 Å². The zero-order chi connectivity index (χ0) is 55.0. The molecular weight excluding hydrogens is 937 g/mol. The van der Waals surface area contributed by atoms with Crippen molar-refractivity contribution in [2.24, 2.45) is 0 Å². The fourth-order valence-corrected chi connectivity index (χ4v) is 9.79. The van der Waals surface area contributed by atoms with Gasteiger partial charge in [0, 0.05) is 19.3 Å². The van der Waals surface area contributed by atoms with Crippen molar-refractivity contribution in [3.8, 4) is 0 Å². The monoisotopic (exact) mass is 1060 g/mol. The summed E-state index contributed by atoms with van der Waals surface area (Å²) in [6.45, 7) is 6.56. The minimum Gasteiger partial charge on any atom is -0.462 e. The third kappa shape index (κ3) is 62.0. The van der Waals surface area contributed by atoms with Gasteiger partial charge in [-0.3, -0.25) is 14.4 Å². The van der Waals surface area contributed by atoms with Crippen LogP contribution in [0.3, 0.4) is 0 Å². The van der Waals surface area contributed by atoms with Gasteiger partial charge in [-0.05, 0) is 83.5 Å². The summed E-state index contributed by atoms with van der Waals surface area (Å²) in [5.74, 6) is -0.882. The highest BCUT2D eigenvalue weighted by molar-refractivity contribution is 5.71. The number of rotatable bonds is 61. The van der Waals surface area contributed by atoms with Gasteiger partial charge in [0.25, 0.3) is 0 Å². The Morgan fingerprint density at radius 1 is 0.276 bits per heavy atom. The largest absolute Gasteiger partial charge is 0.462 e. The second-order valence-electron chi connectivity index (χ2n) is 22.4. The van der Waals surface area contributed by atoms with Gasteiger partial charge in [0.15, 0.2) is 6.10 Å². The van der Waals surface area contributed by atoms with E-state index >= 15 is 0 Å². The van der Waals surface area contributed by atoms with Crippen molar-refractivity contribution < 1.29 is 28.6 Å². The minimum absolute atomic E-state index is 0.0794. The molecule has 0 saturated heterocycles. The molecule has 0 aliphatic carbocycles. The molecule has 0 aliphatic rings. The van der Waals surface area contributed by atoms with Gasteiger partial charge in [-0.15, -0.1) is 0 Å². The molecule has 6 heteroatoms. The number of hydrogen-bond acceptors (Lipinski definition) is 6. The quantitative estimate of drug-likeness (QED) is 0.0261. The van der Waals surface area contributed by atoms with Crippen LogP contribution in [0, 0.1) is 0 Å². The number of carbonyl (C=O) groups excluding carboxylic acids is 3. The highest BCUT2D eigenvalue weighted by Gasteiger charge is 2.19. The van der Waals surface area contributed by atoms with E-state index in [1.54, 1.807) is 0 Å². The molecule has 0 bridgehead atoms. The van der Waals surface area contributed by atoms with Gasteiger partial charge >= 0.3 is 17.9 Å². The average molecular weight is 1060 g/mol. The van der Waals surface area contributed by atoms with Crippen LogP contribution in [0.25, 0.3) is 0 Å². The molecule has 0 amide bonds. The number of ether oxygens (including phenoxy) is 3. The molecule has 0 N–H and O–H groups in total. The molecule has 1 atom stereocenters. The van der Waals surface area contributed by atoms with Crippen LogP contribution >= 0.6 is 0 Å². The molecule has 0 fully saturated rings. The van der Waals surface area contributed by atoms with E-state index in [0.29, 0.717) is 19.3 Å². The number of unbranched alkanes of at least 4 members (excludes halogenated alkanes) is 40. The summed E-state index contributed by atoms with van der Waals surface area (Å²) in [6, 6.07) is 0. The van der Waals surface area contributed by atoms with Crippen molar-refractivity contribution in [1.29, 1.82) is 0 Å². The molecule has 6 nitrogen and oxygen atoms in total. The van der Waals surface area contributed by atoms with Crippen LogP contribution in [0.5, 0.6) is 0 Å². The van der Waals surface area contributed by atoms with Crippen LogP contribution in [-0.2, 0) is 28.6 Å². The van der Waals surface area contributed by atoms with E-state index < -0.39 is 6.10 Å². The SMILES string of the molecule is CC/C=C\C/C=C\C/C=C\C/C=C\CCCCCCCCC(=O)OC(COC(=O)CCCCCCC/C=C\CCCCCCCC)COC(=O)CCCCCCCCCCCCCCCCCCCCCCCCCC. The normalized spacial score (nSPS) is 12.4. The Bertz CT molecular complexity index is 1360. The van der Waals surface area contributed by atoms with Crippen LogP contribution in [0.15, 0.2) is 60.8 Å². The van der Waals surface area contributed by atoms with Gasteiger partial charge in [0.2, 0.25) is 0 Å². The van der Waals surface area contributed by atoms with E-state index in [2.05, 4.69) is 81.5 Å². The summed E-state index contributed by atoms with van der Waals surface area (Å²) >= 11 is 0. The third-order valence-electron chi connectivity index (χ3n) is 14.8. The first-order valence-corrected chi connectivity index (χ1v) is 33.3. The molecule has 0 aromatic carbocycles. The van der Waals surface area contributed by atoms with Crippen molar-refractivity contribution in [3.05, 3.63) is 60.8 Å². The third-order valence-corrected chi connectivity index (χ3v) is 14.8. The summed E-state index contributed by atoms with van der Waals surface area (Å²) in [5, 5.41) is 0. The summed E-state index contributed by atoms with van der Waals surface area (Å²) < 4.78 is 16.9. The minimum atomic E-state index is -0.785. The molecule has 442 valence electrons. The van der Waals surface area contributed by atoms with Gasteiger partial charge in [-0.1, -0.05) is 306 Å². The maximum atomic E-state index is 12.9. The molecular formula is C70H126O6. The summed E-state index contributed by atoms with van der Waals surface area (Å²) in [5.41, 5.74) is 0. The molecule has 0 rings (SSSR count). The lowest BCUT2D eigenvalue weighted by molar-refractivity contribution is -0.167. The Labute approximate surface area is 472 Å². The lowest BCUT2D eigenvalue weighted by Gasteiger charge is -2.18. The molecule has 0 aromatic heterocycles. The Hall–Kier alpha value is -2.89. The number of esters is 3. The van der Waals surface area contributed by atoms with Gasteiger partial charge in [0.1, 0.15) is 13.2 Å². The van der Waals surface area contributed by atoms with E-state index in [0.717, 1.165) is 103 Å². The van der Waals surface area contributed by atoms with Gasteiger partial charge in [0.05, 0.1) is 0 Å². The maximum absolute atomic E-state index is 12.9. The fourth-order valence-electron chi connectivity index (χ4n) is 9.79. The topological polar surface area (TPSA) is 78.9 Å². The van der Waals surface area contributed by atoms with E-state index in [9.17, 15) is 14.4 Å². The Morgan fingerprint density at radius 2 is 0.513 bits per heavy atom. The Kier molecular flexibility index (Phi) is 62.2. The molecule has 0 spiro atoms. The van der Waals surface area contributed by atoms with Crippen molar-refractivity contribution in [1.82, 2.24) is 0 Å². The summed E-state index contributed by atoms with van der Waals surface area (Å²) in [4.78, 5) is 38.4. The van der Waals surface area contributed by atoms with Crippen molar-refractivity contribution in [3.63, 3.8) is 0 Å². The van der Waals surface area contributed by atoms with Gasteiger partial charge in [-0.25, -0.2) is 0 Å². The van der Waals surface area contributed by atoms with E-state index in [1.807, 2.05) is 0 Å². The zero-order valence-corrected chi connectivity index (χ0v) is 50.8. The lowest BCUT2D eigenvalue weighted by Crippen LogP contribution is -2.30. The standard InChI is InChI=1S/C70H126O6/c1-4-7-10-13-16-19-22-25-28-30-32-33-34-35-36-38-39-42-45-48-51-54-57-60-63-69(72)75-66-67(65-74-68(71)62-59-56-53-50-47-44-41-27-24-21-18-15-12-9-6-3)76-70(73)64-61-58-55-52-49-46-43-40-37-31-29-26-23-20-17-14-11-8-5-2/h8,11,17,20,26-27,29,37,40-41,67H,4-7,9-10,12-16,18-19,21-25,28,30-36,38-39,42-66H2,1-3H3/b11-8-,20-17-,29-26-,40-37-,41-27-. The fraction of sp³-hybridized carbons (Fsp3) is 0.814. The smallest absolute Gasteiger partial charge is 0.306 e. The number of hydrogen-bond donors (Lipinski definition) is 0. The van der Waals surface area contributed by atoms with Gasteiger partial charge < -0.3 is 14.2 Å². The summed E-state index contributed by atoms with van der Waals surface area (Å²) in [6.07, 6.45) is 82.4. The molecule has 0 aliphatic heterocycles. The Balaban J connectivity index is 4.32.